The van der Waals surface area contributed by atoms with Crippen LogP contribution < -0.4 is 10.1 Å². The van der Waals surface area contributed by atoms with Gasteiger partial charge >= 0.3 is 6.18 Å². The van der Waals surface area contributed by atoms with E-state index >= 15 is 0 Å². The molecule has 0 aliphatic heterocycles. The molecule has 32 heavy (non-hydrogen) atoms. The molecular formula is C23H21ClF3N3OS. The Bertz CT molecular complexity index is 1050. The summed E-state index contributed by atoms with van der Waals surface area (Å²) in [6.07, 6.45) is -1.23. The first-order valence-corrected chi connectivity index (χ1v) is 10.6. The molecule has 0 aliphatic rings. The average Bonchev–Trinajstić information content (AvgIpc) is 2.76. The van der Waals surface area contributed by atoms with Crippen molar-refractivity contribution >= 4 is 34.6 Å². The third-order valence-corrected chi connectivity index (χ3v) is 5.12. The molecule has 0 radical (unpaired) electrons. The molecule has 0 amide bonds. The van der Waals surface area contributed by atoms with Crippen molar-refractivity contribution in [2.24, 2.45) is 0 Å². The number of alkyl halides is 3. The van der Waals surface area contributed by atoms with Crippen molar-refractivity contribution in [1.29, 1.82) is 0 Å². The Labute approximate surface area is 195 Å². The number of ether oxygens (including phenoxy) is 1. The molecule has 0 saturated carbocycles. The van der Waals surface area contributed by atoms with E-state index in [1.54, 1.807) is 23.4 Å². The summed E-state index contributed by atoms with van der Waals surface area (Å²) >= 11 is 11.3. The Hall–Kier alpha value is -2.84. The SMILES string of the molecule is CCOc1ccc(CN(Cc2cccnc2)C(=S)Nc2ccc(Cl)cc2C(F)(F)F)cc1. The lowest BCUT2D eigenvalue weighted by atomic mass is 10.1. The van der Waals surface area contributed by atoms with Gasteiger partial charge in [0, 0.05) is 30.5 Å². The highest BCUT2D eigenvalue weighted by Gasteiger charge is 2.34. The number of hydrogen-bond acceptors (Lipinski definition) is 3. The summed E-state index contributed by atoms with van der Waals surface area (Å²) in [7, 11) is 0. The molecule has 3 aromatic rings. The van der Waals surface area contributed by atoms with E-state index in [9.17, 15) is 13.2 Å². The Kier molecular flexibility index (Phi) is 7.93. The first-order valence-electron chi connectivity index (χ1n) is 9.79. The molecule has 168 valence electrons. The van der Waals surface area contributed by atoms with E-state index in [1.807, 2.05) is 37.3 Å². The van der Waals surface area contributed by atoms with E-state index in [-0.39, 0.29) is 15.8 Å². The van der Waals surface area contributed by atoms with Crippen molar-refractivity contribution in [2.75, 3.05) is 11.9 Å². The molecule has 9 heteroatoms. The number of halogens is 4. The zero-order valence-electron chi connectivity index (χ0n) is 17.2. The Morgan fingerprint density at radius 2 is 1.81 bits per heavy atom. The zero-order valence-corrected chi connectivity index (χ0v) is 18.8. The van der Waals surface area contributed by atoms with E-state index in [1.165, 1.54) is 12.1 Å². The van der Waals surface area contributed by atoms with Crippen LogP contribution in [0.2, 0.25) is 5.02 Å². The van der Waals surface area contributed by atoms with E-state index < -0.39 is 11.7 Å². The molecule has 0 atom stereocenters. The topological polar surface area (TPSA) is 37.4 Å². The number of hydrogen-bond donors (Lipinski definition) is 1. The van der Waals surface area contributed by atoms with Gasteiger partial charge in [-0.05, 0) is 66.7 Å². The maximum Gasteiger partial charge on any atom is 0.418 e. The van der Waals surface area contributed by atoms with Crippen LogP contribution in [-0.4, -0.2) is 21.6 Å². The predicted octanol–water partition coefficient (Wildman–Crippen LogP) is 6.55. The number of benzene rings is 2. The molecule has 0 unspecified atom stereocenters. The number of pyridine rings is 1. The lowest BCUT2D eigenvalue weighted by Crippen LogP contribution is -2.34. The minimum atomic E-state index is -4.58. The maximum absolute atomic E-state index is 13.5. The summed E-state index contributed by atoms with van der Waals surface area (Å²) in [6.45, 7) is 3.20. The largest absolute Gasteiger partial charge is 0.494 e. The van der Waals surface area contributed by atoms with Crippen molar-refractivity contribution in [3.05, 3.63) is 88.7 Å². The maximum atomic E-state index is 13.5. The first-order chi connectivity index (χ1) is 15.3. The summed E-state index contributed by atoms with van der Waals surface area (Å²) in [4.78, 5) is 5.88. The van der Waals surface area contributed by atoms with E-state index in [0.717, 1.165) is 22.9 Å². The Morgan fingerprint density at radius 3 is 2.44 bits per heavy atom. The summed E-state index contributed by atoms with van der Waals surface area (Å²) in [6, 6.07) is 14.7. The van der Waals surface area contributed by atoms with Gasteiger partial charge in [-0.2, -0.15) is 13.2 Å². The van der Waals surface area contributed by atoms with Crippen molar-refractivity contribution < 1.29 is 17.9 Å². The van der Waals surface area contributed by atoms with Crippen LogP contribution in [0.15, 0.2) is 67.0 Å². The van der Waals surface area contributed by atoms with Gasteiger partial charge in [0.15, 0.2) is 5.11 Å². The summed E-state index contributed by atoms with van der Waals surface area (Å²) in [5, 5.41) is 2.89. The van der Waals surface area contributed by atoms with Gasteiger partial charge in [0.05, 0.1) is 17.9 Å². The fourth-order valence-corrected chi connectivity index (χ4v) is 3.46. The van der Waals surface area contributed by atoms with Crippen LogP contribution in [0.4, 0.5) is 18.9 Å². The van der Waals surface area contributed by atoms with Crippen LogP contribution in [0.25, 0.3) is 0 Å². The number of thiocarbonyl (C=S) groups is 1. The standard InChI is InChI=1S/C23H21ClF3N3OS/c1-2-31-19-8-5-16(6-9-19)14-30(15-17-4-3-11-28-13-17)22(32)29-21-10-7-18(24)12-20(21)23(25,26)27/h3-13H,2,14-15H2,1H3,(H,29,32). The van der Waals surface area contributed by atoms with Crippen molar-refractivity contribution in [3.63, 3.8) is 0 Å². The first kappa shape index (κ1) is 23.8. The molecule has 2 aromatic carbocycles. The normalized spacial score (nSPS) is 11.2. The van der Waals surface area contributed by atoms with Gasteiger partial charge in [0.2, 0.25) is 0 Å². The molecule has 1 aromatic heterocycles. The summed E-state index contributed by atoms with van der Waals surface area (Å²) < 4.78 is 46.0. The number of nitrogens with zero attached hydrogens (tertiary/aromatic N) is 2. The number of nitrogens with one attached hydrogen (secondary N) is 1. The molecule has 0 fully saturated rings. The minimum Gasteiger partial charge on any atom is -0.494 e. The van der Waals surface area contributed by atoms with Gasteiger partial charge in [-0.25, -0.2) is 0 Å². The van der Waals surface area contributed by atoms with E-state index in [0.29, 0.717) is 19.7 Å². The second kappa shape index (κ2) is 10.7. The van der Waals surface area contributed by atoms with Gasteiger partial charge in [0.25, 0.3) is 0 Å². The zero-order chi connectivity index (χ0) is 23.1. The lowest BCUT2D eigenvalue weighted by Gasteiger charge is -2.27. The van der Waals surface area contributed by atoms with Gasteiger partial charge in [-0.15, -0.1) is 0 Å². The molecule has 1 heterocycles. The van der Waals surface area contributed by atoms with E-state index in [2.05, 4.69) is 10.3 Å². The van der Waals surface area contributed by atoms with E-state index in [4.69, 9.17) is 28.6 Å². The summed E-state index contributed by atoms with van der Waals surface area (Å²) in [5.41, 5.74) is 0.757. The molecule has 0 aliphatic carbocycles. The molecule has 0 saturated heterocycles. The van der Waals surface area contributed by atoms with Crippen LogP contribution in [-0.2, 0) is 19.3 Å². The van der Waals surface area contributed by atoms with Gasteiger partial charge < -0.3 is 15.0 Å². The second-order valence-electron chi connectivity index (χ2n) is 6.91. The predicted molar refractivity (Wildman–Crippen MR) is 124 cm³/mol. The van der Waals surface area contributed by atoms with Gasteiger partial charge in [-0.3, -0.25) is 4.98 Å². The summed E-state index contributed by atoms with van der Waals surface area (Å²) in [5.74, 6) is 0.742. The second-order valence-corrected chi connectivity index (χ2v) is 7.74. The molecule has 3 rings (SSSR count). The number of anilines is 1. The minimum absolute atomic E-state index is 0.00426. The molecule has 1 N–H and O–H groups in total. The van der Waals surface area contributed by atoms with Crippen molar-refractivity contribution in [3.8, 4) is 5.75 Å². The Balaban J connectivity index is 1.85. The van der Waals surface area contributed by atoms with Crippen molar-refractivity contribution in [2.45, 2.75) is 26.2 Å². The highest BCUT2D eigenvalue weighted by molar-refractivity contribution is 7.80. The van der Waals surface area contributed by atoms with Crippen molar-refractivity contribution in [1.82, 2.24) is 9.88 Å². The Morgan fingerprint density at radius 1 is 1.09 bits per heavy atom. The average molecular weight is 480 g/mol. The van der Waals surface area contributed by atoms with Gasteiger partial charge in [-0.1, -0.05) is 29.8 Å². The highest BCUT2D eigenvalue weighted by Crippen LogP contribution is 2.36. The molecule has 0 spiro atoms. The van der Waals surface area contributed by atoms with Crippen LogP contribution in [0, 0.1) is 0 Å². The lowest BCUT2D eigenvalue weighted by molar-refractivity contribution is -0.136. The molecular weight excluding hydrogens is 459 g/mol. The quantitative estimate of drug-likeness (QED) is 0.389. The molecule has 0 bridgehead atoms. The van der Waals surface area contributed by atoms with Gasteiger partial charge in [0.1, 0.15) is 5.75 Å². The third kappa shape index (κ3) is 6.58. The number of aromatic nitrogens is 1. The fraction of sp³-hybridized carbons (Fsp3) is 0.217. The number of rotatable bonds is 7. The highest BCUT2D eigenvalue weighted by atomic mass is 35.5. The molecule has 4 nitrogen and oxygen atoms in total. The smallest absolute Gasteiger partial charge is 0.418 e. The fourth-order valence-electron chi connectivity index (χ4n) is 3.04. The van der Waals surface area contributed by atoms with Crippen LogP contribution in [0.3, 0.4) is 0 Å². The monoisotopic (exact) mass is 479 g/mol. The van der Waals surface area contributed by atoms with Crippen LogP contribution in [0.1, 0.15) is 23.6 Å². The van der Waals surface area contributed by atoms with Crippen LogP contribution >= 0.6 is 23.8 Å². The third-order valence-electron chi connectivity index (χ3n) is 4.52. The van der Waals surface area contributed by atoms with Crippen LogP contribution in [0.5, 0.6) is 5.75 Å².